The van der Waals surface area contributed by atoms with Crippen LogP contribution in [0.3, 0.4) is 0 Å². The van der Waals surface area contributed by atoms with E-state index in [1.807, 2.05) is 32.0 Å². The molecule has 8 heteroatoms. The topological polar surface area (TPSA) is 112 Å². The number of nitrogens with one attached hydrogen (secondary N) is 1. The van der Waals surface area contributed by atoms with Crippen molar-refractivity contribution in [3.8, 4) is 6.07 Å². The predicted molar refractivity (Wildman–Crippen MR) is 105 cm³/mol. The van der Waals surface area contributed by atoms with E-state index in [4.69, 9.17) is 17.3 Å². The Hall–Kier alpha value is -3.11. The molecule has 2 aromatic rings. The maximum Gasteiger partial charge on any atom is 0.231 e. The van der Waals surface area contributed by atoms with Crippen LogP contribution in [0.25, 0.3) is 0 Å². The molecule has 1 aliphatic carbocycles. The van der Waals surface area contributed by atoms with Crippen LogP contribution >= 0.6 is 11.6 Å². The summed E-state index contributed by atoms with van der Waals surface area (Å²) in [6.07, 6.45) is 2.36. The second-order valence-electron chi connectivity index (χ2n) is 7.81. The van der Waals surface area contributed by atoms with E-state index in [-0.39, 0.29) is 22.6 Å². The molecule has 1 aromatic carbocycles. The minimum atomic E-state index is -0.600. The minimum absolute atomic E-state index is 0.0130. The minimum Gasteiger partial charge on any atom is -0.384 e. The summed E-state index contributed by atoms with van der Waals surface area (Å²) in [5.41, 5.74) is 8.46. The lowest BCUT2D eigenvalue weighted by Gasteiger charge is -2.42. The van der Waals surface area contributed by atoms with Gasteiger partial charge in [-0.05, 0) is 23.5 Å². The third-order valence-corrected chi connectivity index (χ3v) is 5.56. The first-order chi connectivity index (χ1) is 13.3. The van der Waals surface area contributed by atoms with Crippen molar-refractivity contribution in [3.05, 3.63) is 63.8 Å². The number of carbonyl (C=O) groups excluding carboxylic acids is 1. The first-order valence-electron chi connectivity index (χ1n) is 8.90. The Morgan fingerprint density at radius 2 is 2.11 bits per heavy atom. The molecule has 0 unspecified atom stereocenters. The Morgan fingerprint density at radius 3 is 2.75 bits per heavy atom. The molecule has 0 radical (unpaired) electrons. The number of anilines is 1. The van der Waals surface area contributed by atoms with Crippen LogP contribution < -0.4 is 10.6 Å². The maximum atomic E-state index is 13.3. The average molecular weight is 395 g/mol. The van der Waals surface area contributed by atoms with Crippen LogP contribution in [0.4, 0.5) is 5.95 Å². The molecule has 0 bridgehead atoms. The first-order valence-corrected chi connectivity index (χ1v) is 9.28. The van der Waals surface area contributed by atoms with Gasteiger partial charge < -0.3 is 5.73 Å². The molecular formula is C20H19ClN6O. The number of allylic oxidation sites excluding steroid dienone is 3. The van der Waals surface area contributed by atoms with Crippen molar-refractivity contribution < 1.29 is 4.79 Å². The maximum absolute atomic E-state index is 13.3. The van der Waals surface area contributed by atoms with Crippen molar-refractivity contribution in [2.24, 2.45) is 11.1 Å². The summed E-state index contributed by atoms with van der Waals surface area (Å²) in [5.74, 6) is -0.00770. The smallest absolute Gasteiger partial charge is 0.231 e. The highest BCUT2D eigenvalue weighted by atomic mass is 35.5. The van der Waals surface area contributed by atoms with Gasteiger partial charge in [-0.1, -0.05) is 43.6 Å². The second kappa shape index (κ2) is 6.50. The summed E-state index contributed by atoms with van der Waals surface area (Å²) in [5, 5.41) is 17.1. The molecule has 142 valence electrons. The summed E-state index contributed by atoms with van der Waals surface area (Å²) in [6.45, 7) is 4.08. The largest absolute Gasteiger partial charge is 0.384 e. The van der Waals surface area contributed by atoms with Crippen molar-refractivity contribution >= 4 is 23.3 Å². The molecule has 0 amide bonds. The predicted octanol–water partition coefficient (Wildman–Crippen LogP) is 3.40. The number of halogens is 1. The van der Waals surface area contributed by atoms with E-state index in [0.29, 0.717) is 34.9 Å². The van der Waals surface area contributed by atoms with Gasteiger partial charge in [0.2, 0.25) is 5.95 Å². The van der Waals surface area contributed by atoms with Crippen molar-refractivity contribution in [3.63, 3.8) is 0 Å². The van der Waals surface area contributed by atoms with E-state index in [2.05, 4.69) is 21.3 Å². The SMILES string of the molecule is CC1(C)CC(=O)C2=C(C1)N(c1ncn[nH]1)C(N)=C(C#N)[C@H]2c1ccccc1Cl. The second-order valence-corrected chi connectivity index (χ2v) is 8.22. The zero-order valence-electron chi connectivity index (χ0n) is 15.5. The van der Waals surface area contributed by atoms with Crippen LogP contribution in [0.2, 0.25) is 5.02 Å². The van der Waals surface area contributed by atoms with E-state index >= 15 is 0 Å². The van der Waals surface area contributed by atoms with Crippen LogP contribution in [-0.4, -0.2) is 21.0 Å². The van der Waals surface area contributed by atoms with E-state index in [1.165, 1.54) is 6.33 Å². The number of hydrogen-bond donors (Lipinski definition) is 2. The third kappa shape index (κ3) is 2.77. The summed E-state index contributed by atoms with van der Waals surface area (Å²) in [6, 6.07) is 9.44. The Kier molecular flexibility index (Phi) is 4.24. The molecule has 1 aromatic heterocycles. The Morgan fingerprint density at radius 1 is 1.36 bits per heavy atom. The van der Waals surface area contributed by atoms with Crippen molar-refractivity contribution in [2.75, 3.05) is 4.90 Å². The normalized spacial score (nSPS) is 21.6. The molecule has 4 rings (SSSR count). The number of aromatic nitrogens is 3. The fourth-order valence-corrected chi connectivity index (χ4v) is 4.32. The number of aromatic amines is 1. The van der Waals surface area contributed by atoms with Crippen molar-refractivity contribution in [2.45, 2.75) is 32.6 Å². The summed E-state index contributed by atoms with van der Waals surface area (Å²) >= 11 is 6.45. The molecule has 0 fully saturated rings. The Bertz CT molecular complexity index is 1060. The first kappa shape index (κ1) is 18.3. The summed E-state index contributed by atoms with van der Waals surface area (Å²) in [7, 11) is 0. The summed E-state index contributed by atoms with van der Waals surface area (Å²) in [4.78, 5) is 19.1. The quantitative estimate of drug-likeness (QED) is 0.807. The molecule has 28 heavy (non-hydrogen) atoms. The zero-order chi connectivity index (χ0) is 20.1. The number of nitrogens with zero attached hydrogens (tertiary/aromatic N) is 4. The molecular weight excluding hydrogens is 376 g/mol. The number of Topliss-reactive ketones (excluding diaryl/α,β-unsaturated/α-hetero) is 1. The molecule has 2 heterocycles. The van der Waals surface area contributed by atoms with Crippen LogP contribution in [-0.2, 0) is 4.79 Å². The lowest BCUT2D eigenvalue weighted by Crippen LogP contribution is -2.42. The monoisotopic (exact) mass is 394 g/mol. The Balaban J connectivity index is 2.02. The molecule has 7 nitrogen and oxygen atoms in total. The molecule has 1 atom stereocenters. The van der Waals surface area contributed by atoms with Crippen LogP contribution in [0.15, 0.2) is 53.3 Å². The number of nitrogens with two attached hydrogens (primary N) is 1. The number of carbonyl (C=O) groups is 1. The number of ketones is 1. The van der Waals surface area contributed by atoms with Gasteiger partial charge in [0, 0.05) is 22.7 Å². The van der Waals surface area contributed by atoms with Crippen LogP contribution in [0.1, 0.15) is 38.2 Å². The molecule has 0 saturated carbocycles. The molecule has 2 aliphatic rings. The van der Waals surface area contributed by atoms with Gasteiger partial charge in [0.15, 0.2) is 5.78 Å². The number of H-pyrrole nitrogens is 1. The van der Waals surface area contributed by atoms with E-state index < -0.39 is 5.92 Å². The highest BCUT2D eigenvalue weighted by Gasteiger charge is 2.45. The van der Waals surface area contributed by atoms with Gasteiger partial charge in [0.1, 0.15) is 12.1 Å². The van der Waals surface area contributed by atoms with E-state index in [9.17, 15) is 10.1 Å². The number of nitriles is 1. The lowest BCUT2D eigenvalue weighted by atomic mass is 9.68. The van der Waals surface area contributed by atoms with E-state index in [0.717, 1.165) is 5.70 Å². The molecule has 0 saturated heterocycles. The van der Waals surface area contributed by atoms with Gasteiger partial charge >= 0.3 is 0 Å². The highest BCUT2D eigenvalue weighted by Crippen LogP contribution is 2.50. The van der Waals surface area contributed by atoms with Gasteiger partial charge in [-0.25, -0.2) is 5.10 Å². The number of benzene rings is 1. The van der Waals surface area contributed by atoms with Gasteiger partial charge in [-0.3, -0.25) is 9.69 Å². The standard InChI is InChI=1S/C20H19ClN6O/c1-20(2)7-14-17(15(28)8-20)16(11-5-3-4-6-13(11)21)12(9-22)18(23)27(14)19-24-10-25-26-19/h3-6,10,16H,7-8,23H2,1-2H3,(H,24,25,26)/t16-/m1/s1. The third-order valence-electron chi connectivity index (χ3n) is 5.21. The van der Waals surface area contributed by atoms with Gasteiger partial charge in [0.25, 0.3) is 0 Å². The average Bonchev–Trinajstić information content (AvgIpc) is 3.14. The van der Waals surface area contributed by atoms with E-state index in [1.54, 1.807) is 11.0 Å². The fourth-order valence-electron chi connectivity index (χ4n) is 4.08. The van der Waals surface area contributed by atoms with Gasteiger partial charge in [-0.15, -0.1) is 0 Å². The highest BCUT2D eigenvalue weighted by molar-refractivity contribution is 6.31. The fraction of sp³-hybridized carbons (Fsp3) is 0.300. The zero-order valence-corrected chi connectivity index (χ0v) is 16.3. The van der Waals surface area contributed by atoms with Crippen molar-refractivity contribution in [1.82, 2.24) is 15.2 Å². The molecule has 3 N–H and O–H groups in total. The van der Waals surface area contributed by atoms with Gasteiger partial charge in [0.05, 0.1) is 17.6 Å². The van der Waals surface area contributed by atoms with Crippen LogP contribution in [0.5, 0.6) is 0 Å². The Labute approximate surface area is 167 Å². The number of hydrogen-bond acceptors (Lipinski definition) is 6. The molecule has 0 spiro atoms. The molecule has 1 aliphatic heterocycles. The van der Waals surface area contributed by atoms with Gasteiger partial charge in [-0.2, -0.15) is 15.3 Å². The number of rotatable bonds is 2. The van der Waals surface area contributed by atoms with Crippen LogP contribution in [0, 0.1) is 16.7 Å². The summed E-state index contributed by atoms with van der Waals surface area (Å²) < 4.78 is 0. The lowest BCUT2D eigenvalue weighted by molar-refractivity contribution is -0.118. The van der Waals surface area contributed by atoms with Crippen molar-refractivity contribution in [1.29, 1.82) is 5.26 Å².